The minimum atomic E-state index is -0.994. The van der Waals surface area contributed by atoms with E-state index < -0.39 is 29.7 Å². The molecule has 3 amide bonds. The van der Waals surface area contributed by atoms with Gasteiger partial charge >= 0.3 is 6.09 Å². The molecule has 0 aliphatic rings. The van der Waals surface area contributed by atoms with E-state index in [2.05, 4.69) is 23.8 Å². The van der Waals surface area contributed by atoms with E-state index in [0.29, 0.717) is 17.7 Å². The molecule has 0 heterocycles. The van der Waals surface area contributed by atoms with Crippen LogP contribution < -0.4 is 10.6 Å². The van der Waals surface area contributed by atoms with Gasteiger partial charge in [-0.05, 0) is 62.4 Å². The molecule has 2 aromatic rings. The molecular weight excluding hydrogens is 478 g/mol. The molecule has 0 aliphatic carbocycles. The van der Waals surface area contributed by atoms with Gasteiger partial charge in [0, 0.05) is 12.2 Å². The van der Waals surface area contributed by atoms with Crippen molar-refractivity contribution in [2.24, 2.45) is 5.92 Å². The van der Waals surface area contributed by atoms with Crippen molar-refractivity contribution in [2.45, 2.75) is 65.6 Å². The highest BCUT2D eigenvalue weighted by Crippen LogP contribution is 2.27. The van der Waals surface area contributed by atoms with Crippen molar-refractivity contribution in [1.29, 1.82) is 0 Å². The summed E-state index contributed by atoms with van der Waals surface area (Å²) in [5, 5.41) is 5.74. The molecule has 0 spiro atoms. The summed E-state index contributed by atoms with van der Waals surface area (Å²) in [7, 11) is 0. The number of alkyl carbamates (subject to hydrolysis) is 1. The van der Waals surface area contributed by atoms with Crippen molar-refractivity contribution in [1.82, 2.24) is 10.2 Å². The lowest BCUT2D eigenvalue weighted by Crippen LogP contribution is -2.54. The Labute approximate surface area is 227 Å². The quantitative estimate of drug-likeness (QED) is 0.343. The summed E-state index contributed by atoms with van der Waals surface area (Å²) in [6.45, 7) is 18.8. The predicted octanol–water partition coefficient (Wildman–Crippen LogP) is 6.27. The molecule has 2 rings (SSSR count). The number of anilines is 1. The third-order valence-corrected chi connectivity index (χ3v) is 6.19. The number of aryl methyl sites for hydroxylation is 1. The molecule has 0 aliphatic heterocycles. The third-order valence-electron chi connectivity index (χ3n) is 6.19. The summed E-state index contributed by atoms with van der Waals surface area (Å²) in [5.41, 5.74) is 2.25. The van der Waals surface area contributed by atoms with Gasteiger partial charge in [0.2, 0.25) is 5.91 Å². The second-order valence-corrected chi connectivity index (χ2v) is 10.4. The summed E-state index contributed by atoms with van der Waals surface area (Å²) < 4.78 is 5.44. The normalized spacial score (nSPS) is 13.4. The molecule has 2 aromatic carbocycles. The van der Waals surface area contributed by atoms with Crippen LogP contribution in [0.1, 0.15) is 63.8 Å². The first-order valence-corrected chi connectivity index (χ1v) is 12.9. The maximum Gasteiger partial charge on any atom is 0.408 e. The first kappa shape index (κ1) is 30.4. The average molecular weight is 520 g/mol. The number of nitrogens with one attached hydrogen (secondary N) is 2. The van der Waals surface area contributed by atoms with E-state index in [1.165, 1.54) is 4.90 Å². The van der Waals surface area contributed by atoms with Crippen LogP contribution in [0, 0.1) is 12.8 Å². The Bertz CT molecular complexity index is 1150. The number of nitrogens with zero attached hydrogens (tertiary/aromatic N) is 1. The SMILES string of the molecule is C=CCN(C(=O)C(NC(=O)OC(C)(C)C)C(C)CC)C(C(=O)Nc1ccccc1C)c1cccc(C=C)c1. The highest BCUT2D eigenvalue weighted by Gasteiger charge is 2.37. The summed E-state index contributed by atoms with van der Waals surface area (Å²) in [6, 6.07) is 12.9. The summed E-state index contributed by atoms with van der Waals surface area (Å²) >= 11 is 0. The smallest absolute Gasteiger partial charge is 0.408 e. The van der Waals surface area contributed by atoms with Gasteiger partial charge in [0.05, 0.1) is 0 Å². The van der Waals surface area contributed by atoms with Crippen molar-refractivity contribution in [2.75, 3.05) is 11.9 Å². The highest BCUT2D eigenvalue weighted by atomic mass is 16.6. The Morgan fingerprint density at radius 2 is 1.76 bits per heavy atom. The molecule has 0 bridgehead atoms. The van der Waals surface area contributed by atoms with E-state index in [-0.39, 0.29) is 18.4 Å². The van der Waals surface area contributed by atoms with E-state index in [0.717, 1.165) is 11.1 Å². The Kier molecular flexibility index (Phi) is 10.9. The van der Waals surface area contributed by atoms with Gasteiger partial charge in [0.1, 0.15) is 17.7 Å². The molecular formula is C31H41N3O4. The Morgan fingerprint density at radius 3 is 2.34 bits per heavy atom. The third kappa shape index (κ3) is 8.33. The van der Waals surface area contributed by atoms with Gasteiger partial charge < -0.3 is 20.3 Å². The molecule has 7 heteroatoms. The van der Waals surface area contributed by atoms with Crippen molar-refractivity contribution in [3.05, 3.63) is 84.5 Å². The number of carbonyl (C=O) groups is 3. The van der Waals surface area contributed by atoms with Crippen LogP contribution in [0.4, 0.5) is 10.5 Å². The lowest BCUT2D eigenvalue weighted by atomic mass is 9.95. The van der Waals surface area contributed by atoms with E-state index in [4.69, 9.17) is 4.74 Å². The fourth-order valence-electron chi connectivity index (χ4n) is 4.00. The molecule has 3 unspecified atom stereocenters. The van der Waals surface area contributed by atoms with Crippen LogP contribution in [-0.4, -0.2) is 41.0 Å². The Hall–Kier alpha value is -3.87. The number of hydrogen-bond donors (Lipinski definition) is 2. The number of para-hydroxylation sites is 1. The first-order chi connectivity index (χ1) is 17.9. The minimum absolute atomic E-state index is 0.0892. The number of hydrogen-bond acceptors (Lipinski definition) is 4. The van der Waals surface area contributed by atoms with Gasteiger partial charge in [-0.1, -0.05) is 75.4 Å². The fourth-order valence-corrected chi connectivity index (χ4v) is 4.00. The van der Waals surface area contributed by atoms with Crippen LogP contribution in [-0.2, 0) is 14.3 Å². The molecule has 204 valence electrons. The predicted molar refractivity (Wildman–Crippen MR) is 154 cm³/mol. The summed E-state index contributed by atoms with van der Waals surface area (Å²) in [5.74, 6) is -1.00. The van der Waals surface area contributed by atoms with Crippen molar-refractivity contribution in [3.63, 3.8) is 0 Å². The topological polar surface area (TPSA) is 87.7 Å². The van der Waals surface area contributed by atoms with Gasteiger partial charge in [0.25, 0.3) is 5.91 Å². The molecule has 3 atom stereocenters. The molecule has 0 saturated carbocycles. The largest absolute Gasteiger partial charge is 0.444 e. The molecule has 7 nitrogen and oxygen atoms in total. The average Bonchev–Trinajstić information content (AvgIpc) is 2.86. The first-order valence-electron chi connectivity index (χ1n) is 12.9. The number of benzene rings is 2. The lowest BCUT2D eigenvalue weighted by Gasteiger charge is -2.35. The highest BCUT2D eigenvalue weighted by molar-refractivity contribution is 5.99. The molecule has 2 N–H and O–H groups in total. The van der Waals surface area contributed by atoms with E-state index >= 15 is 0 Å². The minimum Gasteiger partial charge on any atom is -0.444 e. The number of carbonyl (C=O) groups excluding carboxylic acids is 3. The lowest BCUT2D eigenvalue weighted by molar-refractivity contribution is -0.141. The van der Waals surface area contributed by atoms with Crippen LogP contribution in [0.3, 0.4) is 0 Å². The van der Waals surface area contributed by atoms with Crippen LogP contribution in [0.2, 0.25) is 0 Å². The zero-order chi connectivity index (χ0) is 28.5. The number of ether oxygens (including phenoxy) is 1. The van der Waals surface area contributed by atoms with Crippen molar-refractivity contribution < 1.29 is 19.1 Å². The van der Waals surface area contributed by atoms with Gasteiger partial charge in [-0.15, -0.1) is 6.58 Å². The summed E-state index contributed by atoms with van der Waals surface area (Å²) in [4.78, 5) is 42.2. The van der Waals surface area contributed by atoms with Gasteiger partial charge in [-0.2, -0.15) is 0 Å². The van der Waals surface area contributed by atoms with E-state index in [1.54, 1.807) is 39.0 Å². The van der Waals surface area contributed by atoms with Gasteiger partial charge in [0.15, 0.2) is 0 Å². The standard InChI is InChI=1S/C31H41N3O4/c1-9-19-34(29(36)26(21(4)10-2)33-30(37)38-31(6,7)8)27(24-17-14-16-23(11-3)20-24)28(35)32-25-18-13-12-15-22(25)5/h9,11-18,20-21,26-27H,1,3,10,19H2,2,4-8H3,(H,32,35)(H,33,37). The Morgan fingerprint density at radius 1 is 1.08 bits per heavy atom. The van der Waals surface area contributed by atoms with E-state index in [1.807, 2.05) is 63.2 Å². The van der Waals surface area contributed by atoms with Gasteiger partial charge in [-0.25, -0.2) is 4.79 Å². The second kappa shape index (κ2) is 13.6. The monoisotopic (exact) mass is 519 g/mol. The van der Waals surface area contributed by atoms with Crippen LogP contribution in [0.25, 0.3) is 6.08 Å². The fraction of sp³-hybridized carbons (Fsp3) is 0.387. The zero-order valence-electron chi connectivity index (χ0n) is 23.4. The molecule has 0 radical (unpaired) electrons. The molecule has 0 saturated heterocycles. The maximum absolute atomic E-state index is 14.1. The molecule has 0 aromatic heterocycles. The molecule has 0 fully saturated rings. The number of amides is 3. The molecule has 38 heavy (non-hydrogen) atoms. The summed E-state index contributed by atoms with van der Waals surface area (Å²) in [6.07, 6.45) is 3.19. The second-order valence-electron chi connectivity index (χ2n) is 10.4. The van der Waals surface area contributed by atoms with E-state index in [9.17, 15) is 14.4 Å². The number of rotatable bonds is 11. The van der Waals surface area contributed by atoms with Gasteiger partial charge in [-0.3, -0.25) is 9.59 Å². The van der Waals surface area contributed by atoms with Crippen molar-refractivity contribution >= 4 is 29.7 Å². The van der Waals surface area contributed by atoms with Crippen LogP contribution in [0.15, 0.2) is 67.8 Å². The van der Waals surface area contributed by atoms with Crippen LogP contribution >= 0.6 is 0 Å². The van der Waals surface area contributed by atoms with Crippen molar-refractivity contribution in [3.8, 4) is 0 Å². The Balaban J connectivity index is 2.57. The van der Waals surface area contributed by atoms with Crippen LogP contribution in [0.5, 0.6) is 0 Å². The zero-order valence-corrected chi connectivity index (χ0v) is 23.4. The maximum atomic E-state index is 14.1.